The van der Waals surface area contributed by atoms with Gasteiger partial charge in [-0.15, -0.1) is 0 Å². The Labute approximate surface area is 386 Å². The molecular formula is C50H90N2O12. The van der Waals surface area contributed by atoms with Crippen LogP contribution in [0.1, 0.15) is 220 Å². The minimum atomic E-state index is -0.938. The van der Waals surface area contributed by atoms with Crippen molar-refractivity contribution in [3.05, 3.63) is 24.3 Å². The highest BCUT2D eigenvalue weighted by Crippen LogP contribution is 2.18. The largest absolute Gasteiger partial charge is 0.481 e. The molecule has 0 rings (SSSR count). The van der Waals surface area contributed by atoms with Gasteiger partial charge in [-0.1, -0.05) is 122 Å². The van der Waals surface area contributed by atoms with Crippen molar-refractivity contribution in [3.63, 3.8) is 0 Å². The van der Waals surface area contributed by atoms with Crippen LogP contribution in [0.25, 0.3) is 0 Å². The minimum absolute atomic E-state index is 0.0146. The molecule has 2 amide bonds. The zero-order valence-electron chi connectivity index (χ0n) is 40.3. The molecule has 0 aliphatic carbocycles. The lowest BCUT2D eigenvalue weighted by atomic mass is 10.0. The summed E-state index contributed by atoms with van der Waals surface area (Å²) in [5.41, 5.74) is 0. The molecule has 0 aromatic rings. The van der Waals surface area contributed by atoms with E-state index in [1.165, 1.54) is 45.4 Å². The van der Waals surface area contributed by atoms with Gasteiger partial charge in [0, 0.05) is 52.1 Å². The Balaban J connectivity index is 0. The van der Waals surface area contributed by atoms with Crippen LogP contribution in [0.3, 0.4) is 0 Å². The fraction of sp³-hybridized carbons (Fsp3) is 0.800. The molecule has 0 aliphatic heterocycles. The number of hydrogen-bond acceptors (Lipinski definition) is 10. The van der Waals surface area contributed by atoms with Crippen LogP contribution in [-0.2, 0) is 38.2 Å². The molecule has 0 bridgehead atoms. The third-order valence-corrected chi connectivity index (χ3v) is 10.6. The van der Waals surface area contributed by atoms with Gasteiger partial charge in [-0.3, -0.25) is 28.8 Å². The Morgan fingerprint density at radius 1 is 0.469 bits per heavy atom. The van der Waals surface area contributed by atoms with Crippen molar-refractivity contribution in [3.8, 4) is 0 Å². The average molecular weight is 911 g/mol. The standard InChI is InChI=1S/C27H48N2O7.C23H42O5/c1-3-4-11-16-24(36-27(35)19-14-18-26(33)34)23(31)15-12-9-7-5-6-8-10-13-17-25(32)29-21-20-28-22(2)30;1-3-5-7-8-9-10-11-12-14-16-20(24)21(17-13-6-4-2)28-23(27)19-15-18-22(25)26/h9,12,23-24,31H,3-8,10-11,13-21H2,1-2H3,(H,28,30)(H,29,32)(H,33,34);12,14,20-21,24H,3-11,13,15-19H2,1-2H3,(H,25,26)/b12-9-;14-12-. The van der Waals surface area contributed by atoms with Crippen LogP contribution in [0.15, 0.2) is 24.3 Å². The summed E-state index contributed by atoms with van der Waals surface area (Å²) in [5, 5.41) is 43.7. The van der Waals surface area contributed by atoms with Crippen molar-refractivity contribution < 1.29 is 58.7 Å². The third-order valence-electron chi connectivity index (χ3n) is 10.6. The molecule has 372 valence electrons. The highest BCUT2D eigenvalue weighted by molar-refractivity contribution is 5.76. The summed E-state index contributed by atoms with van der Waals surface area (Å²) in [4.78, 5) is 67.6. The summed E-state index contributed by atoms with van der Waals surface area (Å²) < 4.78 is 10.9. The number of nitrogens with one attached hydrogen (secondary N) is 2. The molecule has 0 fully saturated rings. The lowest BCUT2D eigenvalue weighted by Crippen LogP contribution is -2.33. The molecule has 14 nitrogen and oxygen atoms in total. The Morgan fingerprint density at radius 3 is 1.28 bits per heavy atom. The Morgan fingerprint density at radius 2 is 0.859 bits per heavy atom. The summed E-state index contributed by atoms with van der Waals surface area (Å²) in [7, 11) is 0. The monoisotopic (exact) mass is 911 g/mol. The number of unbranched alkanes of at least 4 members (excludes halogenated alkanes) is 15. The lowest BCUT2D eigenvalue weighted by molar-refractivity contribution is -0.156. The topological polar surface area (TPSA) is 226 Å². The van der Waals surface area contributed by atoms with Crippen LogP contribution in [0.5, 0.6) is 0 Å². The molecule has 0 radical (unpaired) electrons. The Hall–Kier alpha value is -3.78. The molecule has 0 heterocycles. The number of allylic oxidation sites excluding steroid dienone is 2. The summed E-state index contributed by atoms with van der Waals surface area (Å²) in [6.07, 6.45) is 29.1. The van der Waals surface area contributed by atoms with E-state index in [1.807, 2.05) is 18.2 Å². The van der Waals surface area contributed by atoms with Crippen molar-refractivity contribution in [1.82, 2.24) is 10.6 Å². The maximum Gasteiger partial charge on any atom is 0.306 e. The summed E-state index contributed by atoms with van der Waals surface area (Å²) in [6.45, 7) is 8.76. The average Bonchev–Trinajstić information content (AvgIpc) is 3.24. The van der Waals surface area contributed by atoms with Gasteiger partial charge in [0.1, 0.15) is 12.2 Å². The third kappa shape index (κ3) is 44.8. The van der Waals surface area contributed by atoms with Crippen molar-refractivity contribution in [2.45, 2.75) is 245 Å². The van der Waals surface area contributed by atoms with Crippen LogP contribution in [0.4, 0.5) is 0 Å². The van der Waals surface area contributed by atoms with Gasteiger partial charge in [0.05, 0.1) is 12.2 Å². The molecule has 0 aromatic heterocycles. The highest BCUT2D eigenvalue weighted by atomic mass is 16.6. The first-order valence-corrected chi connectivity index (χ1v) is 24.8. The molecule has 0 saturated carbocycles. The molecule has 0 aromatic carbocycles. The van der Waals surface area contributed by atoms with E-state index in [0.29, 0.717) is 45.2 Å². The highest BCUT2D eigenvalue weighted by Gasteiger charge is 2.23. The van der Waals surface area contributed by atoms with Crippen molar-refractivity contribution >= 4 is 35.7 Å². The predicted molar refractivity (Wildman–Crippen MR) is 253 cm³/mol. The van der Waals surface area contributed by atoms with Gasteiger partial charge in [-0.2, -0.15) is 0 Å². The van der Waals surface area contributed by atoms with Crippen LogP contribution >= 0.6 is 0 Å². The van der Waals surface area contributed by atoms with Gasteiger partial charge in [0.15, 0.2) is 0 Å². The molecule has 14 heteroatoms. The second kappa shape index (κ2) is 45.8. The number of aliphatic hydroxyl groups is 2. The molecule has 0 spiro atoms. The fourth-order valence-electron chi connectivity index (χ4n) is 6.73. The number of amides is 2. The van der Waals surface area contributed by atoms with Gasteiger partial charge in [0.25, 0.3) is 0 Å². The van der Waals surface area contributed by atoms with Crippen molar-refractivity contribution in [1.29, 1.82) is 0 Å². The number of aliphatic hydroxyl groups excluding tert-OH is 2. The van der Waals surface area contributed by atoms with E-state index in [-0.39, 0.29) is 50.3 Å². The van der Waals surface area contributed by atoms with Crippen molar-refractivity contribution in [2.24, 2.45) is 0 Å². The van der Waals surface area contributed by atoms with E-state index in [0.717, 1.165) is 83.5 Å². The fourth-order valence-corrected chi connectivity index (χ4v) is 6.73. The van der Waals surface area contributed by atoms with Crippen LogP contribution in [0, 0.1) is 0 Å². The first-order valence-electron chi connectivity index (χ1n) is 24.8. The second-order valence-electron chi connectivity index (χ2n) is 16.8. The summed E-state index contributed by atoms with van der Waals surface area (Å²) >= 11 is 0. The van der Waals surface area contributed by atoms with E-state index in [4.69, 9.17) is 19.7 Å². The van der Waals surface area contributed by atoms with Crippen LogP contribution < -0.4 is 10.6 Å². The molecule has 4 unspecified atom stereocenters. The smallest absolute Gasteiger partial charge is 0.306 e. The van der Waals surface area contributed by atoms with Gasteiger partial charge in [0.2, 0.25) is 11.8 Å². The minimum Gasteiger partial charge on any atom is -0.481 e. The van der Waals surface area contributed by atoms with E-state index in [1.54, 1.807) is 0 Å². The summed E-state index contributed by atoms with van der Waals surface area (Å²) in [5.74, 6) is -2.81. The predicted octanol–water partition coefficient (Wildman–Crippen LogP) is 9.81. The number of carboxylic acids is 2. The maximum atomic E-state index is 12.0. The van der Waals surface area contributed by atoms with Crippen LogP contribution in [0.2, 0.25) is 0 Å². The number of hydrogen-bond donors (Lipinski definition) is 6. The normalized spacial score (nSPS) is 13.1. The molecule has 4 atom stereocenters. The number of carbonyl (C=O) groups excluding carboxylic acids is 4. The molecule has 0 aliphatic rings. The number of rotatable bonds is 42. The molecule has 0 saturated heterocycles. The first kappa shape index (κ1) is 62.3. The number of carboxylic acid groups (broad SMARTS) is 2. The van der Waals surface area contributed by atoms with Crippen LogP contribution in [-0.4, -0.2) is 93.6 Å². The number of carbonyl (C=O) groups is 6. The quantitative estimate of drug-likeness (QED) is 0.0191. The van der Waals surface area contributed by atoms with E-state index in [9.17, 15) is 39.0 Å². The summed E-state index contributed by atoms with van der Waals surface area (Å²) in [6, 6.07) is 0. The molecule has 64 heavy (non-hydrogen) atoms. The van der Waals surface area contributed by atoms with Gasteiger partial charge in [-0.05, 0) is 83.5 Å². The van der Waals surface area contributed by atoms with E-state index < -0.39 is 48.3 Å². The number of aliphatic carboxylic acids is 2. The van der Waals surface area contributed by atoms with Gasteiger partial charge >= 0.3 is 23.9 Å². The van der Waals surface area contributed by atoms with Crippen molar-refractivity contribution in [2.75, 3.05) is 13.1 Å². The van der Waals surface area contributed by atoms with Gasteiger partial charge in [-0.25, -0.2) is 0 Å². The SMILES string of the molecule is CCCCCC(OC(=O)CCCC(=O)O)C(O)C/C=C\CCCCCCCC(=O)NCCNC(C)=O.CCCCCCCC/C=C\CC(O)C(CCCCC)OC(=O)CCCC(=O)O. The Bertz CT molecular complexity index is 1260. The molecular weight excluding hydrogens is 821 g/mol. The number of esters is 2. The Kier molecular flexibility index (Phi) is 44.6. The maximum absolute atomic E-state index is 12.0. The number of ether oxygens (including phenoxy) is 2. The van der Waals surface area contributed by atoms with Gasteiger partial charge < -0.3 is 40.5 Å². The zero-order valence-corrected chi connectivity index (χ0v) is 40.3. The lowest BCUT2D eigenvalue weighted by Gasteiger charge is -2.22. The van der Waals surface area contributed by atoms with E-state index >= 15 is 0 Å². The second-order valence-corrected chi connectivity index (χ2v) is 16.8. The molecule has 6 N–H and O–H groups in total. The first-order chi connectivity index (χ1) is 30.8. The van der Waals surface area contributed by atoms with E-state index in [2.05, 4.69) is 37.5 Å². The zero-order chi connectivity index (χ0) is 48.1.